The number of carbonyl (C=O) groups excluding carboxylic acids is 2. The second-order valence-electron chi connectivity index (χ2n) is 10.7. The summed E-state index contributed by atoms with van der Waals surface area (Å²) >= 11 is 0. The maximum Gasteiger partial charge on any atom is 0.311 e. The van der Waals surface area contributed by atoms with Gasteiger partial charge < -0.3 is 13.9 Å². The van der Waals surface area contributed by atoms with E-state index in [1.165, 1.54) is 89.9 Å². The second-order valence-corrected chi connectivity index (χ2v) is 10.7. The molecule has 1 rings (SSSR count). The fourth-order valence-corrected chi connectivity index (χ4v) is 4.72. The van der Waals surface area contributed by atoms with Gasteiger partial charge in [0.1, 0.15) is 11.5 Å². The first-order valence-corrected chi connectivity index (χ1v) is 15.5. The van der Waals surface area contributed by atoms with Crippen molar-refractivity contribution in [2.24, 2.45) is 0 Å². The van der Waals surface area contributed by atoms with Crippen molar-refractivity contribution >= 4 is 11.9 Å². The Labute approximate surface area is 227 Å². The van der Waals surface area contributed by atoms with Gasteiger partial charge in [-0.05, 0) is 26.7 Å². The van der Waals surface area contributed by atoms with Crippen molar-refractivity contribution < 1.29 is 23.5 Å². The van der Waals surface area contributed by atoms with Gasteiger partial charge >= 0.3 is 11.9 Å². The van der Waals surface area contributed by atoms with Crippen LogP contribution in [0.1, 0.15) is 167 Å². The molecule has 0 saturated carbocycles. The van der Waals surface area contributed by atoms with Gasteiger partial charge in [0, 0.05) is 12.8 Å². The van der Waals surface area contributed by atoms with Gasteiger partial charge in [-0.3, -0.25) is 9.59 Å². The molecule has 0 amide bonds. The van der Waals surface area contributed by atoms with Crippen LogP contribution in [0.25, 0.3) is 0 Å². The summed E-state index contributed by atoms with van der Waals surface area (Å²) in [6, 6.07) is 0. The summed E-state index contributed by atoms with van der Waals surface area (Å²) < 4.78 is 16.8. The molecule has 0 aliphatic carbocycles. The van der Waals surface area contributed by atoms with Gasteiger partial charge in [-0.1, -0.05) is 129 Å². The zero-order chi connectivity index (χ0) is 27.1. The molecule has 0 bridgehead atoms. The van der Waals surface area contributed by atoms with Crippen LogP contribution in [0, 0.1) is 13.8 Å². The van der Waals surface area contributed by atoms with E-state index in [0.717, 1.165) is 38.5 Å². The molecule has 1 aromatic heterocycles. The standard InChI is InChI=1S/C32H56O5/c1-5-7-9-11-13-15-17-19-21-23-25-29(33)36-31-27(3)35-28(4)32(31)37-30(34)26-24-22-20-18-16-14-12-10-8-6-2/h5-26H2,1-4H3. The van der Waals surface area contributed by atoms with E-state index in [1.54, 1.807) is 13.8 Å². The number of ether oxygens (including phenoxy) is 2. The Balaban J connectivity index is 2.23. The lowest BCUT2D eigenvalue weighted by Gasteiger charge is -2.08. The molecule has 0 N–H and O–H groups in total. The molecule has 0 fully saturated rings. The maximum absolute atomic E-state index is 12.4. The molecule has 5 heteroatoms. The highest BCUT2D eigenvalue weighted by Crippen LogP contribution is 2.38. The molecule has 0 spiro atoms. The van der Waals surface area contributed by atoms with Crippen molar-refractivity contribution in [1.29, 1.82) is 0 Å². The lowest BCUT2D eigenvalue weighted by atomic mass is 10.1. The van der Waals surface area contributed by atoms with Gasteiger partial charge in [0.05, 0.1) is 0 Å². The molecule has 0 aromatic carbocycles. The summed E-state index contributed by atoms with van der Waals surface area (Å²) in [7, 11) is 0. The first-order valence-electron chi connectivity index (χ1n) is 15.5. The minimum absolute atomic E-state index is 0.256. The molecule has 0 unspecified atom stereocenters. The fraction of sp³-hybridized carbons (Fsp3) is 0.812. The number of unbranched alkanes of at least 4 members (excludes halogenated alkanes) is 18. The minimum atomic E-state index is -0.296. The van der Waals surface area contributed by atoms with Crippen LogP contribution >= 0.6 is 0 Å². The molecule has 37 heavy (non-hydrogen) atoms. The highest BCUT2D eigenvalue weighted by Gasteiger charge is 2.23. The summed E-state index contributed by atoms with van der Waals surface area (Å²) in [5.74, 6) is 0.856. The smallest absolute Gasteiger partial charge is 0.311 e. The molecule has 1 heterocycles. The van der Waals surface area contributed by atoms with Crippen molar-refractivity contribution in [2.45, 2.75) is 169 Å². The summed E-state index contributed by atoms with van der Waals surface area (Å²) in [6.07, 6.45) is 25.1. The lowest BCUT2D eigenvalue weighted by molar-refractivity contribution is -0.137. The van der Waals surface area contributed by atoms with Crippen LogP contribution in [0.5, 0.6) is 11.5 Å². The molecular weight excluding hydrogens is 464 g/mol. The quantitative estimate of drug-likeness (QED) is 0.100. The van der Waals surface area contributed by atoms with E-state index in [9.17, 15) is 9.59 Å². The van der Waals surface area contributed by atoms with Crippen LogP contribution in [-0.4, -0.2) is 11.9 Å². The molecule has 0 aliphatic heterocycles. The minimum Gasteiger partial charge on any atom is -0.459 e. The molecule has 0 radical (unpaired) electrons. The summed E-state index contributed by atoms with van der Waals surface area (Å²) in [5, 5.41) is 0. The highest BCUT2D eigenvalue weighted by molar-refractivity contribution is 5.77. The largest absolute Gasteiger partial charge is 0.459 e. The Morgan fingerprint density at radius 3 is 1.05 bits per heavy atom. The van der Waals surface area contributed by atoms with Crippen LogP contribution in [0.2, 0.25) is 0 Å². The lowest BCUT2D eigenvalue weighted by Crippen LogP contribution is -2.12. The average molecular weight is 521 g/mol. The predicted octanol–water partition coefficient (Wildman–Crippen LogP) is 10.3. The third-order valence-corrected chi connectivity index (χ3v) is 7.05. The van der Waals surface area contributed by atoms with Gasteiger partial charge in [-0.25, -0.2) is 0 Å². The van der Waals surface area contributed by atoms with E-state index in [1.807, 2.05) is 0 Å². The summed E-state index contributed by atoms with van der Waals surface area (Å²) in [5.41, 5.74) is 0. The average Bonchev–Trinajstić information content (AvgIpc) is 3.13. The van der Waals surface area contributed by atoms with Gasteiger partial charge in [-0.15, -0.1) is 0 Å². The van der Waals surface area contributed by atoms with E-state index in [4.69, 9.17) is 13.9 Å². The Kier molecular flexibility index (Phi) is 20.0. The van der Waals surface area contributed by atoms with Gasteiger partial charge in [0.25, 0.3) is 0 Å². The monoisotopic (exact) mass is 520 g/mol. The molecule has 0 aliphatic rings. The number of rotatable bonds is 24. The second kappa shape index (κ2) is 22.2. The Bertz CT molecular complexity index is 663. The van der Waals surface area contributed by atoms with Crippen molar-refractivity contribution in [3.63, 3.8) is 0 Å². The highest BCUT2D eigenvalue weighted by atomic mass is 16.6. The van der Waals surface area contributed by atoms with E-state index in [-0.39, 0.29) is 23.4 Å². The number of furan rings is 1. The van der Waals surface area contributed by atoms with Crippen molar-refractivity contribution in [2.75, 3.05) is 0 Å². The summed E-state index contributed by atoms with van der Waals surface area (Å²) in [4.78, 5) is 24.8. The van der Waals surface area contributed by atoms with E-state index < -0.39 is 0 Å². The number of hydrogen-bond acceptors (Lipinski definition) is 5. The molecule has 0 atom stereocenters. The van der Waals surface area contributed by atoms with E-state index >= 15 is 0 Å². The zero-order valence-electron chi connectivity index (χ0n) is 24.6. The number of esters is 2. The topological polar surface area (TPSA) is 65.7 Å². The third kappa shape index (κ3) is 16.6. The van der Waals surface area contributed by atoms with Crippen molar-refractivity contribution in [1.82, 2.24) is 0 Å². The number of hydrogen-bond donors (Lipinski definition) is 0. The van der Waals surface area contributed by atoms with Crippen molar-refractivity contribution in [3.8, 4) is 11.5 Å². The SMILES string of the molecule is CCCCCCCCCCCCC(=O)Oc1c(C)oc(C)c1OC(=O)CCCCCCCCCCCC. The Morgan fingerprint density at radius 1 is 0.486 bits per heavy atom. The van der Waals surface area contributed by atoms with Crippen LogP contribution in [-0.2, 0) is 9.59 Å². The Hall–Kier alpha value is -1.78. The van der Waals surface area contributed by atoms with Gasteiger partial charge in [0.15, 0.2) is 0 Å². The number of carbonyl (C=O) groups is 2. The van der Waals surface area contributed by atoms with Gasteiger partial charge in [-0.2, -0.15) is 0 Å². The zero-order valence-corrected chi connectivity index (χ0v) is 24.6. The van der Waals surface area contributed by atoms with E-state index in [0.29, 0.717) is 24.4 Å². The van der Waals surface area contributed by atoms with Crippen LogP contribution in [0.15, 0.2) is 4.42 Å². The maximum atomic E-state index is 12.4. The first-order chi connectivity index (χ1) is 18.0. The summed E-state index contributed by atoms with van der Waals surface area (Å²) in [6.45, 7) is 7.95. The molecule has 0 saturated heterocycles. The number of aryl methyl sites for hydroxylation is 2. The molecule has 1 aromatic rings. The van der Waals surface area contributed by atoms with Crippen molar-refractivity contribution in [3.05, 3.63) is 11.5 Å². The third-order valence-electron chi connectivity index (χ3n) is 7.05. The van der Waals surface area contributed by atoms with Crippen LogP contribution in [0.3, 0.4) is 0 Å². The molecular formula is C32H56O5. The fourth-order valence-electron chi connectivity index (χ4n) is 4.72. The first kappa shape index (κ1) is 33.2. The van der Waals surface area contributed by atoms with E-state index in [2.05, 4.69) is 13.8 Å². The Morgan fingerprint density at radius 2 is 0.757 bits per heavy atom. The molecule has 5 nitrogen and oxygen atoms in total. The van der Waals surface area contributed by atoms with Crippen LogP contribution in [0.4, 0.5) is 0 Å². The molecule has 214 valence electrons. The normalized spacial score (nSPS) is 11.1. The van der Waals surface area contributed by atoms with Crippen LogP contribution < -0.4 is 9.47 Å². The van der Waals surface area contributed by atoms with Gasteiger partial charge in [0.2, 0.25) is 11.5 Å². The predicted molar refractivity (Wildman–Crippen MR) is 152 cm³/mol.